The zero-order valence-corrected chi connectivity index (χ0v) is 10.2. The lowest BCUT2D eigenvalue weighted by Gasteiger charge is -2.16. The Morgan fingerprint density at radius 3 is 2.39 bits per heavy atom. The van der Waals surface area contributed by atoms with Gasteiger partial charge >= 0.3 is 5.97 Å². The summed E-state index contributed by atoms with van der Waals surface area (Å²) in [4.78, 5) is 35.2. The standard InChI is InChI=1S/C11H19N3O4/c12-9(15)7-8(11(17)18)13-10(16)3-6-14-4-1-2-5-14/h8H,1-7H2,(H2,12,15)(H,13,16)(H,17,18)/t8-/m1/s1. The largest absolute Gasteiger partial charge is 0.480 e. The van der Waals surface area contributed by atoms with Crippen molar-refractivity contribution in [2.75, 3.05) is 19.6 Å². The molecule has 18 heavy (non-hydrogen) atoms. The van der Waals surface area contributed by atoms with Gasteiger partial charge in [-0.25, -0.2) is 4.79 Å². The highest BCUT2D eigenvalue weighted by Crippen LogP contribution is 2.07. The molecule has 1 aliphatic heterocycles. The number of likely N-dealkylation sites (tertiary alicyclic amines) is 1. The lowest BCUT2D eigenvalue weighted by molar-refractivity contribution is -0.143. The highest BCUT2D eigenvalue weighted by molar-refractivity contribution is 5.88. The molecule has 102 valence electrons. The van der Waals surface area contributed by atoms with E-state index in [0.29, 0.717) is 6.54 Å². The summed E-state index contributed by atoms with van der Waals surface area (Å²) in [5.41, 5.74) is 4.92. The molecule has 1 atom stereocenters. The minimum absolute atomic E-state index is 0.239. The molecule has 0 saturated carbocycles. The number of carbonyl (C=O) groups excluding carboxylic acids is 2. The predicted octanol–water partition coefficient (Wildman–Crippen LogP) is -1.08. The minimum Gasteiger partial charge on any atom is -0.480 e. The van der Waals surface area contributed by atoms with Crippen LogP contribution < -0.4 is 11.1 Å². The first-order chi connectivity index (χ1) is 8.49. The van der Waals surface area contributed by atoms with Crippen molar-refractivity contribution < 1.29 is 19.5 Å². The number of nitrogens with zero attached hydrogens (tertiary/aromatic N) is 1. The first-order valence-corrected chi connectivity index (χ1v) is 6.02. The van der Waals surface area contributed by atoms with E-state index in [1.165, 1.54) is 0 Å². The zero-order chi connectivity index (χ0) is 13.5. The normalized spacial score (nSPS) is 17.3. The molecule has 1 aliphatic rings. The van der Waals surface area contributed by atoms with Crippen LogP contribution >= 0.6 is 0 Å². The summed E-state index contributed by atoms with van der Waals surface area (Å²) >= 11 is 0. The number of nitrogens with two attached hydrogens (primary N) is 1. The monoisotopic (exact) mass is 257 g/mol. The van der Waals surface area contributed by atoms with Crippen molar-refractivity contribution in [3.05, 3.63) is 0 Å². The van der Waals surface area contributed by atoms with Crippen LogP contribution in [0.25, 0.3) is 0 Å². The Hall–Kier alpha value is -1.63. The van der Waals surface area contributed by atoms with Crippen LogP contribution in [0.1, 0.15) is 25.7 Å². The average Bonchev–Trinajstić information content (AvgIpc) is 2.77. The molecule has 7 nitrogen and oxygen atoms in total. The number of hydrogen-bond donors (Lipinski definition) is 3. The number of carbonyl (C=O) groups is 3. The van der Waals surface area contributed by atoms with Gasteiger partial charge in [-0.15, -0.1) is 0 Å². The molecule has 7 heteroatoms. The molecule has 1 rings (SSSR count). The van der Waals surface area contributed by atoms with Gasteiger partial charge in [0, 0.05) is 13.0 Å². The third-order valence-electron chi connectivity index (χ3n) is 2.89. The number of aliphatic carboxylic acids is 1. The Bertz CT molecular complexity index is 326. The van der Waals surface area contributed by atoms with Crippen LogP contribution in [0.3, 0.4) is 0 Å². The van der Waals surface area contributed by atoms with Gasteiger partial charge in [0.25, 0.3) is 0 Å². The second kappa shape index (κ2) is 6.95. The third-order valence-corrected chi connectivity index (χ3v) is 2.89. The van der Waals surface area contributed by atoms with Gasteiger partial charge < -0.3 is 21.1 Å². The van der Waals surface area contributed by atoms with Crippen molar-refractivity contribution in [3.63, 3.8) is 0 Å². The van der Waals surface area contributed by atoms with E-state index in [9.17, 15) is 14.4 Å². The van der Waals surface area contributed by atoms with Crippen molar-refractivity contribution in [3.8, 4) is 0 Å². The molecule has 0 aromatic carbocycles. The maximum absolute atomic E-state index is 11.5. The second-order valence-corrected chi connectivity index (χ2v) is 4.43. The smallest absolute Gasteiger partial charge is 0.326 e. The molecule has 2 amide bonds. The summed E-state index contributed by atoms with van der Waals surface area (Å²) < 4.78 is 0. The molecule has 1 fully saturated rings. The maximum Gasteiger partial charge on any atom is 0.326 e. The van der Waals surface area contributed by atoms with Gasteiger partial charge in [-0.3, -0.25) is 9.59 Å². The van der Waals surface area contributed by atoms with E-state index in [1.807, 2.05) is 0 Å². The predicted molar refractivity (Wildman–Crippen MR) is 63.7 cm³/mol. The van der Waals surface area contributed by atoms with Gasteiger partial charge in [0.1, 0.15) is 6.04 Å². The zero-order valence-electron chi connectivity index (χ0n) is 10.2. The molecule has 0 aliphatic carbocycles. The van der Waals surface area contributed by atoms with Gasteiger partial charge in [-0.05, 0) is 25.9 Å². The molecule has 4 N–H and O–H groups in total. The topological polar surface area (TPSA) is 113 Å². The van der Waals surface area contributed by atoms with Crippen molar-refractivity contribution in [1.82, 2.24) is 10.2 Å². The third kappa shape index (κ3) is 5.13. The Morgan fingerprint density at radius 2 is 1.89 bits per heavy atom. The first-order valence-electron chi connectivity index (χ1n) is 6.02. The molecular formula is C11H19N3O4. The van der Waals surface area contributed by atoms with Gasteiger partial charge in [0.05, 0.1) is 6.42 Å². The van der Waals surface area contributed by atoms with E-state index in [2.05, 4.69) is 10.2 Å². The van der Waals surface area contributed by atoms with Crippen LogP contribution in [-0.2, 0) is 14.4 Å². The van der Waals surface area contributed by atoms with E-state index >= 15 is 0 Å². The fourth-order valence-electron chi connectivity index (χ4n) is 1.93. The quantitative estimate of drug-likeness (QED) is 0.537. The minimum atomic E-state index is -1.25. The lowest BCUT2D eigenvalue weighted by atomic mass is 10.2. The van der Waals surface area contributed by atoms with Crippen LogP contribution in [0, 0.1) is 0 Å². The van der Waals surface area contributed by atoms with Crippen LogP contribution in [0.5, 0.6) is 0 Å². The van der Waals surface area contributed by atoms with Crippen molar-refractivity contribution in [2.45, 2.75) is 31.7 Å². The van der Waals surface area contributed by atoms with Gasteiger partial charge in [-0.2, -0.15) is 0 Å². The molecule has 1 heterocycles. The number of primary amides is 1. The number of carboxylic acids is 1. The summed E-state index contributed by atoms with van der Waals surface area (Å²) in [6, 6.07) is -1.23. The maximum atomic E-state index is 11.5. The highest BCUT2D eigenvalue weighted by Gasteiger charge is 2.22. The van der Waals surface area contributed by atoms with E-state index in [-0.39, 0.29) is 18.7 Å². The van der Waals surface area contributed by atoms with E-state index in [1.54, 1.807) is 0 Å². The number of carboxylic acid groups (broad SMARTS) is 1. The summed E-state index contributed by atoms with van der Waals surface area (Å²) in [5.74, 6) is -2.36. The van der Waals surface area contributed by atoms with Crippen molar-refractivity contribution in [2.24, 2.45) is 5.73 Å². The van der Waals surface area contributed by atoms with Crippen molar-refractivity contribution in [1.29, 1.82) is 0 Å². The molecule has 1 saturated heterocycles. The fourth-order valence-corrected chi connectivity index (χ4v) is 1.93. The SMILES string of the molecule is NC(=O)C[C@@H](NC(=O)CCN1CCCC1)C(=O)O. The van der Waals surface area contributed by atoms with Gasteiger partial charge in [0.2, 0.25) is 11.8 Å². The van der Waals surface area contributed by atoms with Gasteiger partial charge in [-0.1, -0.05) is 0 Å². The molecule has 0 unspecified atom stereocenters. The molecule has 0 aromatic rings. The molecule has 0 spiro atoms. The molecular weight excluding hydrogens is 238 g/mol. The average molecular weight is 257 g/mol. The number of rotatable bonds is 7. The van der Waals surface area contributed by atoms with E-state index in [4.69, 9.17) is 10.8 Å². The van der Waals surface area contributed by atoms with E-state index in [0.717, 1.165) is 25.9 Å². The fraction of sp³-hybridized carbons (Fsp3) is 0.727. The molecule has 0 aromatic heterocycles. The summed E-state index contributed by atoms with van der Waals surface area (Å²) in [6.07, 6.45) is 2.13. The van der Waals surface area contributed by atoms with Crippen LogP contribution in [0.15, 0.2) is 0 Å². The Labute approximate surface area is 105 Å². The van der Waals surface area contributed by atoms with Crippen LogP contribution in [0.2, 0.25) is 0 Å². The molecule has 0 radical (unpaired) electrons. The lowest BCUT2D eigenvalue weighted by Crippen LogP contribution is -2.44. The van der Waals surface area contributed by atoms with Crippen molar-refractivity contribution >= 4 is 17.8 Å². The number of hydrogen-bond acceptors (Lipinski definition) is 4. The first kappa shape index (κ1) is 14.4. The Balaban J connectivity index is 2.31. The second-order valence-electron chi connectivity index (χ2n) is 4.43. The highest BCUT2D eigenvalue weighted by atomic mass is 16.4. The van der Waals surface area contributed by atoms with Crippen LogP contribution in [-0.4, -0.2) is 53.5 Å². The summed E-state index contributed by atoms with van der Waals surface area (Å²) in [7, 11) is 0. The van der Waals surface area contributed by atoms with E-state index < -0.39 is 17.9 Å². The Kier molecular flexibility index (Phi) is 5.57. The summed E-state index contributed by atoms with van der Waals surface area (Å²) in [6.45, 7) is 2.59. The number of amides is 2. The van der Waals surface area contributed by atoms with Gasteiger partial charge in [0.15, 0.2) is 0 Å². The number of nitrogens with one attached hydrogen (secondary N) is 1. The molecule has 0 bridgehead atoms. The summed E-state index contributed by atoms with van der Waals surface area (Å²) in [5, 5.41) is 11.1. The Morgan fingerprint density at radius 1 is 1.28 bits per heavy atom. The van der Waals surface area contributed by atoms with Crippen LogP contribution in [0.4, 0.5) is 0 Å².